The first kappa shape index (κ1) is 16.7. The fourth-order valence-corrected chi connectivity index (χ4v) is 2.29. The summed E-state index contributed by atoms with van der Waals surface area (Å²) in [7, 11) is 0. The van der Waals surface area contributed by atoms with E-state index in [1.165, 1.54) is 25.7 Å². The number of carbonyl (C=O) groups is 1. The predicted molar refractivity (Wildman–Crippen MR) is 82.3 cm³/mol. The van der Waals surface area contributed by atoms with E-state index in [-0.39, 0.29) is 19.1 Å². The number of nitrogens with zero attached hydrogens (tertiary/aromatic N) is 1. The van der Waals surface area contributed by atoms with E-state index in [4.69, 9.17) is 0 Å². The summed E-state index contributed by atoms with van der Waals surface area (Å²) in [5.41, 5.74) is 0.833. The van der Waals surface area contributed by atoms with Crippen LogP contribution in [0.1, 0.15) is 51.9 Å². The van der Waals surface area contributed by atoms with Gasteiger partial charge in [-0.3, -0.25) is 4.79 Å². The van der Waals surface area contributed by atoms with Crippen molar-refractivity contribution in [1.29, 1.82) is 0 Å². The molecule has 0 atom stereocenters. The highest BCUT2D eigenvalue weighted by Gasteiger charge is 2.14. The lowest BCUT2D eigenvalue weighted by Crippen LogP contribution is -2.33. The Morgan fingerprint density at radius 1 is 1.00 bits per heavy atom. The van der Waals surface area contributed by atoms with Crippen molar-refractivity contribution in [3.63, 3.8) is 0 Å². The Kier molecular flexibility index (Phi) is 8.72. The number of benzene rings is 1. The molecule has 0 heterocycles. The zero-order valence-corrected chi connectivity index (χ0v) is 12.5. The first-order valence-corrected chi connectivity index (χ1v) is 7.73. The topological polar surface area (TPSA) is 40.2 Å². The maximum Gasteiger partial charge on any atom is 0.227 e. The lowest BCUT2D eigenvalue weighted by atomic mass is 10.1. The number of hydrogen-bond donors (Lipinski definition) is 0. The average Bonchev–Trinajstić information content (AvgIpc) is 2.49. The predicted octanol–water partition coefficient (Wildman–Crippen LogP) is 4.20. The Hall–Kier alpha value is -1.35. The number of para-hydroxylation sites is 1. The van der Waals surface area contributed by atoms with E-state index < -0.39 is 0 Å². The maximum absolute atomic E-state index is 12.2. The van der Waals surface area contributed by atoms with E-state index in [1.807, 2.05) is 30.3 Å². The highest BCUT2D eigenvalue weighted by Crippen LogP contribution is 2.16. The van der Waals surface area contributed by atoms with Crippen molar-refractivity contribution >= 4 is 11.6 Å². The Morgan fingerprint density at radius 3 is 2.30 bits per heavy atom. The largest absolute Gasteiger partial charge is 0.310 e. The lowest BCUT2D eigenvalue weighted by Gasteiger charge is -2.21. The third-order valence-corrected chi connectivity index (χ3v) is 3.43. The number of rotatable bonds is 10. The molecule has 0 aromatic heterocycles. The smallest absolute Gasteiger partial charge is 0.227 e. The van der Waals surface area contributed by atoms with Gasteiger partial charge in [0.05, 0.1) is 6.54 Å². The molecule has 3 heteroatoms. The van der Waals surface area contributed by atoms with Crippen molar-refractivity contribution < 1.29 is 9.90 Å². The zero-order chi connectivity index (χ0) is 14.6. The molecule has 0 fully saturated rings. The molecule has 0 aliphatic heterocycles. The van der Waals surface area contributed by atoms with Crippen LogP contribution in [0.15, 0.2) is 30.3 Å². The zero-order valence-electron chi connectivity index (χ0n) is 12.5. The molecule has 3 nitrogen and oxygen atoms in total. The van der Waals surface area contributed by atoms with Crippen molar-refractivity contribution in [3.8, 4) is 0 Å². The van der Waals surface area contributed by atoms with Crippen LogP contribution in [0.3, 0.4) is 0 Å². The molecular formula is C17H26NO2. The molecule has 0 unspecified atom stereocenters. The molecule has 0 aliphatic carbocycles. The van der Waals surface area contributed by atoms with Crippen LogP contribution >= 0.6 is 0 Å². The second-order valence-corrected chi connectivity index (χ2v) is 5.10. The van der Waals surface area contributed by atoms with Crippen molar-refractivity contribution in [2.45, 2.75) is 51.9 Å². The second kappa shape index (κ2) is 10.4. The summed E-state index contributed by atoms with van der Waals surface area (Å²) in [5, 5.41) is 10.9. The van der Waals surface area contributed by atoms with E-state index in [2.05, 4.69) is 6.92 Å². The molecule has 1 rings (SSSR count). The molecule has 0 N–H and O–H groups in total. The fraction of sp³-hybridized carbons (Fsp3) is 0.588. The summed E-state index contributed by atoms with van der Waals surface area (Å²) >= 11 is 0. The second-order valence-electron chi connectivity index (χ2n) is 5.10. The molecule has 1 aromatic rings. The minimum Gasteiger partial charge on any atom is -0.310 e. The third-order valence-electron chi connectivity index (χ3n) is 3.43. The van der Waals surface area contributed by atoms with Gasteiger partial charge in [0.1, 0.15) is 6.61 Å². The molecule has 1 aromatic carbocycles. The average molecular weight is 276 g/mol. The van der Waals surface area contributed by atoms with Crippen molar-refractivity contribution in [2.75, 3.05) is 18.1 Å². The van der Waals surface area contributed by atoms with Gasteiger partial charge < -0.3 is 4.90 Å². The van der Waals surface area contributed by atoms with Crippen molar-refractivity contribution in [3.05, 3.63) is 30.3 Å². The number of hydrogen-bond acceptors (Lipinski definition) is 1. The van der Waals surface area contributed by atoms with Crippen molar-refractivity contribution in [1.82, 2.24) is 0 Å². The fourth-order valence-electron chi connectivity index (χ4n) is 2.29. The lowest BCUT2D eigenvalue weighted by molar-refractivity contribution is -0.118. The van der Waals surface area contributed by atoms with Gasteiger partial charge in [0.2, 0.25) is 5.91 Å². The first-order valence-electron chi connectivity index (χ1n) is 7.73. The van der Waals surface area contributed by atoms with E-state index in [0.29, 0.717) is 6.42 Å². The van der Waals surface area contributed by atoms with Gasteiger partial charge in [-0.1, -0.05) is 57.2 Å². The molecular weight excluding hydrogens is 250 g/mol. The summed E-state index contributed by atoms with van der Waals surface area (Å²) in [6.07, 6.45) is 7.55. The number of unbranched alkanes of at least 4 members (excludes halogenated alkanes) is 5. The van der Waals surface area contributed by atoms with Gasteiger partial charge >= 0.3 is 0 Å². The normalized spacial score (nSPS) is 10.5. The molecule has 0 aliphatic rings. The molecule has 1 radical (unpaired) electrons. The number of carbonyl (C=O) groups excluding carboxylic acids is 1. The Balaban J connectivity index is 2.37. The number of amides is 1. The van der Waals surface area contributed by atoms with E-state index in [9.17, 15) is 9.90 Å². The van der Waals surface area contributed by atoms with Gasteiger partial charge in [-0.25, -0.2) is 5.11 Å². The minimum absolute atomic E-state index is 0.0718. The van der Waals surface area contributed by atoms with E-state index in [1.54, 1.807) is 4.90 Å². The van der Waals surface area contributed by atoms with Crippen LogP contribution in [-0.2, 0) is 9.90 Å². The molecule has 0 saturated heterocycles. The first-order chi connectivity index (χ1) is 9.79. The van der Waals surface area contributed by atoms with Crippen LogP contribution in [0.5, 0.6) is 0 Å². The van der Waals surface area contributed by atoms with Gasteiger partial charge in [0.25, 0.3) is 0 Å². The summed E-state index contributed by atoms with van der Waals surface area (Å²) in [6, 6.07) is 9.47. The van der Waals surface area contributed by atoms with Crippen LogP contribution in [0.25, 0.3) is 0 Å². The Morgan fingerprint density at radius 2 is 1.65 bits per heavy atom. The standard InChI is InChI=1S/C17H26NO2/c1-2-3-4-5-6-10-13-17(20)18(14-15-19)16-11-8-7-9-12-16/h7-9,11-12H,2-6,10,13-15H2,1H3. The van der Waals surface area contributed by atoms with E-state index >= 15 is 0 Å². The molecule has 0 saturated carbocycles. The summed E-state index contributed by atoms with van der Waals surface area (Å²) in [4.78, 5) is 13.8. The molecule has 1 amide bonds. The highest BCUT2D eigenvalue weighted by atomic mass is 16.3. The molecule has 0 bridgehead atoms. The van der Waals surface area contributed by atoms with E-state index in [0.717, 1.165) is 18.5 Å². The number of anilines is 1. The SMILES string of the molecule is CCCCCCCCC(=O)N(CC[O])c1ccccc1. The summed E-state index contributed by atoms with van der Waals surface area (Å²) in [6.45, 7) is 2.21. The van der Waals surface area contributed by atoms with Crippen LogP contribution in [0.2, 0.25) is 0 Å². The highest BCUT2D eigenvalue weighted by molar-refractivity contribution is 5.93. The molecule has 20 heavy (non-hydrogen) atoms. The van der Waals surface area contributed by atoms with Gasteiger partial charge in [-0.05, 0) is 18.6 Å². The summed E-state index contributed by atoms with van der Waals surface area (Å²) in [5.74, 6) is 0.0718. The maximum atomic E-state index is 12.2. The molecule has 0 spiro atoms. The minimum atomic E-state index is -0.253. The monoisotopic (exact) mass is 276 g/mol. The summed E-state index contributed by atoms with van der Waals surface area (Å²) < 4.78 is 0. The Bertz CT molecular complexity index is 365. The quantitative estimate of drug-likeness (QED) is 0.590. The van der Waals surface area contributed by atoms with Crippen LogP contribution in [0, 0.1) is 0 Å². The van der Waals surface area contributed by atoms with Crippen LogP contribution in [-0.4, -0.2) is 19.1 Å². The van der Waals surface area contributed by atoms with Crippen LogP contribution < -0.4 is 4.90 Å². The Labute approximate surface area is 122 Å². The van der Waals surface area contributed by atoms with Gasteiger partial charge in [-0.15, -0.1) is 0 Å². The van der Waals surface area contributed by atoms with Crippen molar-refractivity contribution in [2.24, 2.45) is 0 Å². The molecule has 111 valence electrons. The van der Waals surface area contributed by atoms with Gasteiger partial charge in [-0.2, -0.15) is 0 Å². The van der Waals surface area contributed by atoms with Gasteiger partial charge in [0, 0.05) is 12.1 Å². The third kappa shape index (κ3) is 6.20. The van der Waals surface area contributed by atoms with Gasteiger partial charge in [0.15, 0.2) is 0 Å². The van der Waals surface area contributed by atoms with Crippen LogP contribution in [0.4, 0.5) is 5.69 Å².